The molecule has 1 unspecified atom stereocenters. The summed E-state index contributed by atoms with van der Waals surface area (Å²) in [6, 6.07) is 11.3. The van der Waals surface area contributed by atoms with Crippen LogP contribution < -0.4 is 9.47 Å². The van der Waals surface area contributed by atoms with E-state index in [1.54, 1.807) is 7.11 Å². The molecule has 0 saturated carbocycles. The van der Waals surface area contributed by atoms with Gasteiger partial charge in [0, 0.05) is 44.7 Å². The highest BCUT2D eigenvalue weighted by Gasteiger charge is 2.27. The summed E-state index contributed by atoms with van der Waals surface area (Å²) >= 11 is 0. The fraction of sp³-hybridized carbons (Fsp3) is 0.520. The summed E-state index contributed by atoms with van der Waals surface area (Å²) < 4.78 is 39.1. The molecule has 2 aromatic rings. The lowest BCUT2D eigenvalue weighted by Gasteiger charge is -2.33. The van der Waals surface area contributed by atoms with Gasteiger partial charge in [-0.1, -0.05) is 12.1 Å². The van der Waals surface area contributed by atoms with Gasteiger partial charge in [-0.15, -0.1) is 0 Å². The number of hydrogen-bond donors (Lipinski definition) is 0. The maximum absolute atomic E-state index is 14.8. The number of halogens is 2. The molecule has 0 amide bonds. The third kappa shape index (κ3) is 5.36. The molecule has 0 bridgehead atoms. The van der Waals surface area contributed by atoms with Crippen LogP contribution in [0.3, 0.4) is 0 Å². The SMILES string of the molecule is COc1ccc(C2CN(C)Cc3cc(OCCCN4CCC(F)CC4)ccc32)c(F)c1. The average molecular weight is 431 g/mol. The van der Waals surface area contributed by atoms with Crippen molar-refractivity contribution in [2.45, 2.75) is 37.9 Å². The normalized spacial score (nSPS) is 20.5. The molecule has 0 aromatic heterocycles. The molecule has 1 atom stereocenters. The summed E-state index contributed by atoms with van der Waals surface area (Å²) in [5, 5.41) is 0. The van der Waals surface area contributed by atoms with Crippen LogP contribution in [0.4, 0.5) is 8.78 Å². The summed E-state index contributed by atoms with van der Waals surface area (Å²) in [7, 11) is 3.61. The monoisotopic (exact) mass is 430 g/mol. The number of likely N-dealkylation sites (N-methyl/N-ethyl adjacent to an activating group) is 1. The van der Waals surface area contributed by atoms with Crippen LogP contribution in [0.1, 0.15) is 41.9 Å². The number of fused-ring (bicyclic) bond motifs is 1. The van der Waals surface area contributed by atoms with Gasteiger partial charge in [0.05, 0.1) is 13.7 Å². The van der Waals surface area contributed by atoms with Gasteiger partial charge in [0.2, 0.25) is 0 Å². The molecule has 0 spiro atoms. The van der Waals surface area contributed by atoms with Gasteiger partial charge in [-0.25, -0.2) is 8.78 Å². The Labute approximate surface area is 183 Å². The van der Waals surface area contributed by atoms with Gasteiger partial charge in [0.1, 0.15) is 23.5 Å². The first-order valence-corrected chi connectivity index (χ1v) is 11.2. The summed E-state index contributed by atoms with van der Waals surface area (Å²) in [6.45, 7) is 4.86. The van der Waals surface area contributed by atoms with E-state index < -0.39 is 6.17 Å². The van der Waals surface area contributed by atoms with Gasteiger partial charge < -0.3 is 19.3 Å². The van der Waals surface area contributed by atoms with Crippen molar-refractivity contribution in [1.82, 2.24) is 9.80 Å². The van der Waals surface area contributed by atoms with E-state index in [-0.39, 0.29) is 11.7 Å². The molecule has 2 aromatic carbocycles. The van der Waals surface area contributed by atoms with Crippen molar-refractivity contribution in [2.75, 3.05) is 46.9 Å². The minimum Gasteiger partial charge on any atom is -0.497 e. The molecular weight excluding hydrogens is 398 g/mol. The number of ether oxygens (including phenoxy) is 2. The van der Waals surface area contributed by atoms with Gasteiger partial charge >= 0.3 is 0 Å². The Kier molecular flexibility index (Phi) is 7.08. The van der Waals surface area contributed by atoms with Gasteiger partial charge in [-0.2, -0.15) is 0 Å². The van der Waals surface area contributed by atoms with E-state index in [0.717, 1.165) is 50.5 Å². The molecule has 31 heavy (non-hydrogen) atoms. The number of hydrogen-bond acceptors (Lipinski definition) is 4. The van der Waals surface area contributed by atoms with Crippen LogP contribution in [0.2, 0.25) is 0 Å². The molecule has 4 rings (SSSR count). The van der Waals surface area contributed by atoms with Gasteiger partial charge in [-0.3, -0.25) is 0 Å². The highest BCUT2D eigenvalue weighted by Crippen LogP contribution is 2.36. The van der Waals surface area contributed by atoms with E-state index >= 15 is 0 Å². The average Bonchev–Trinajstić information content (AvgIpc) is 2.77. The molecule has 6 heteroatoms. The minimum absolute atomic E-state index is 0.0212. The van der Waals surface area contributed by atoms with Crippen molar-refractivity contribution >= 4 is 0 Å². The molecule has 0 N–H and O–H groups in total. The zero-order valence-electron chi connectivity index (χ0n) is 18.4. The van der Waals surface area contributed by atoms with Crippen LogP contribution in [0.15, 0.2) is 36.4 Å². The number of rotatable bonds is 7. The lowest BCUT2D eigenvalue weighted by Crippen LogP contribution is -2.35. The van der Waals surface area contributed by atoms with Gasteiger partial charge in [-0.05, 0) is 61.2 Å². The smallest absolute Gasteiger partial charge is 0.130 e. The lowest BCUT2D eigenvalue weighted by molar-refractivity contribution is 0.143. The van der Waals surface area contributed by atoms with Crippen molar-refractivity contribution in [3.8, 4) is 11.5 Å². The molecule has 1 fully saturated rings. The summed E-state index contributed by atoms with van der Waals surface area (Å²) in [6.07, 6.45) is 1.59. The van der Waals surface area contributed by atoms with Crippen molar-refractivity contribution < 1.29 is 18.3 Å². The van der Waals surface area contributed by atoms with E-state index in [4.69, 9.17) is 9.47 Å². The summed E-state index contributed by atoms with van der Waals surface area (Å²) in [4.78, 5) is 4.53. The van der Waals surface area contributed by atoms with Crippen molar-refractivity contribution in [1.29, 1.82) is 0 Å². The highest BCUT2D eigenvalue weighted by molar-refractivity contribution is 5.45. The first-order valence-electron chi connectivity index (χ1n) is 11.2. The lowest BCUT2D eigenvalue weighted by atomic mass is 9.84. The van der Waals surface area contributed by atoms with Crippen LogP contribution in [0.25, 0.3) is 0 Å². The summed E-state index contributed by atoms with van der Waals surface area (Å²) in [5.41, 5.74) is 3.03. The second-order valence-corrected chi connectivity index (χ2v) is 8.72. The fourth-order valence-corrected chi connectivity index (χ4v) is 4.70. The van der Waals surface area contributed by atoms with E-state index in [1.807, 2.05) is 18.2 Å². The maximum atomic E-state index is 14.8. The van der Waals surface area contributed by atoms with E-state index in [2.05, 4.69) is 29.0 Å². The van der Waals surface area contributed by atoms with Gasteiger partial charge in [0.25, 0.3) is 0 Å². The van der Waals surface area contributed by atoms with E-state index in [1.165, 1.54) is 11.6 Å². The predicted octanol–water partition coefficient (Wildman–Crippen LogP) is 4.61. The summed E-state index contributed by atoms with van der Waals surface area (Å²) in [5.74, 6) is 1.13. The molecule has 1 saturated heterocycles. The number of piperidine rings is 1. The first-order chi connectivity index (χ1) is 15.0. The molecule has 4 nitrogen and oxygen atoms in total. The molecule has 2 aliphatic heterocycles. The van der Waals surface area contributed by atoms with Crippen LogP contribution in [0.5, 0.6) is 11.5 Å². The maximum Gasteiger partial charge on any atom is 0.130 e. The number of likely N-dealkylation sites (tertiary alicyclic amines) is 1. The molecule has 168 valence electrons. The zero-order valence-corrected chi connectivity index (χ0v) is 18.4. The van der Waals surface area contributed by atoms with Crippen molar-refractivity contribution in [3.63, 3.8) is 0 Å². The molecule has 0 aliphatic carbocycles. The highest BCUT2D eigenvalue weighted by atomic mass is 19.1. The zero-order chi connectivity index (χ0) is 21.8. The Hall–Kier alpha value is -2.18. The Morgan fingerprint density at radius 1 is 1.03 bits per heavy atom. The van der Waals surface area contributed by atoms with Crippen molar-refractivity contribution in [2.24, 2.45) is 0 Å². The third-order valence-corrected chi connectivity index (χ3v) is 6.41. The largest absolute Gasteiger partial charge is 0.497 e. The number of benzene rings is 2. The Morgan fingerprint density at radius 3 is 2.52 bits per heavy atom. The van der Waals surface area contributed by atoms with Crippen LogP contribution in [0, 0.1) is 5.82 Å². The fourth-order valence-electron chi connectivity index (χ4n) is 4.70. The van der Waals surface area contributed by atoms with E-state index in [9.17, 15) is 8.78 Å². The molecule has 2 heterocycles. The second kappa shape index (κ2) is 9.96. The Balaban J connectivity index is 1.40. The first kappa shape index (κ1) is 22.0. The number of alkyl halides is 1. The van der Waals surface area contributed by atoms with Crippen molar-refractivity contribution in [3.05, 3.63) is 58.9 Å². The standard InChI is InChI=1S/C25H32F2N2O2/c1-28-16-18-14-21(31-13-3-10-29-11-8-19(26)9-12-29)5-6-22(18)24(17-28)23-7-4-20(30-2)15-25(23)27/h4-7,14-15,19,24H,3,8-13,16-17H2,1-2H3. The minimum atomic E-state index is -0.628. The molecule has 2 aliphatic rings. The third-order valence-electron chi connectivity index (χ3n) is 6.41. The Bertz CT molecular complexity index is 884. The number of nitrogens with zero attached hydrogens (tertiary/aromatic N) is 2. The van der Waals surface area contributed by atoms with Crippen LogP contribution in [-0.4, -0.2) is 62.9 Å². The number of methoxy groups -OCH3 is 1. The quantitative estimate of drug-likeness (QED) is 0.599. The topological polar surface area (TPSA) is 24.9 Å². The van der Waals surface area contributed by atoms with Gasteiger partial charge in [0.15, 0.2) is 0 Å². The van der Waals surface area contributed by atoms with Crippen LogP contribution >= 0.6 is 0 Å². The van der Waals surface area contributed by atoms with Crippen LogP contribution in [-0.2, 0) is 6.54 Å². The molecule has 0 radical (unpaired) electrons. The second-order valence-electron chi connectivity index (χ2n) is 8.72. The van der Waals surface area contributed by atoms with E-state index in [0.29, 0.717) is 30.8 Å². The molecular formula is C25H32F2N2O2. The predicted molar refractivity (Wildman–Crippen MR) is 118 cm³/mol. The Morgan fingerprint density at radius 2 is 1.77 bits per heavy atom.